The van der Waals surface area contributed by atoms with E-state index >= 15 is 0 Å². The summed E-state index contributed by atoms with van der Waals surface area (Å²) in [5, 5.41) is 4.36. The summed E-state index contributed by atoms with van der Waals surface area (Å²) in [6, 6.07) is 5.50. The van der Waals surface area contributed by atoms with Gasteiger partial charge in [0.2, 0.25) is 0 Å². The number of halogens is 2. The van der Waals surface area contributed by atoms with Gasteiger partial charge < -0.3 is 14.8 Å². The number of rotatable bonds is 3. The van der Waals surface area contributed by atoms with Crippen LogP contribution in [-0.2, 0) is 4.74 Å². The zero-order valence-corrected chi connectivity index (χ0v) is 10.2. The van der Waals surface area contributed by atoms with Crippen LogP contribution in [0, 0.1) is 0 Å². The zero-order valence-electron chi connectivity index (χ0n) is 8.71. The van der Waals surface area contributed by atoms with Crippen LogP contribution in [0.4, 0.5) is 0 Å². The number of nitrogens with one attached hydrogen (secondary N) is 1. The molecule has 0 radical (unpaired) electrons. The molecule has 3 nitrogen and oxygen atoms in total. The van der Waals surface area contributed by atoms with Gasteiger partial charge >= 0.3 is 0 Å². The van der Waals surface area contributed by atoms with Crippen molar-refractivity contribution in [2.75, 3.05) is 26.4 Å². The molecule has 0 spiro atoms. The molecule has 16 heavy (non-hydrogen) atoms. The molecular formula is C11H13Cl2NO2. The lowest BCUT2D eigenvalue weighted by Crippen LogP contribution is -2.44. The maximum Gasteiger partial charge on any atom is 0.156 e. The van der Waals surface area contributed by atoms with Crippen LogP contribution < -0.4 is 10.1 Å². The molecule has 0 aromatic heterocycles. The molecule has 1 aliphatic heterocycles. The average Bonchev–Trinajstić information content (AvgIpc) is 2.30. The molecular weight excluding hydrogens is 249 g/mol. The van der Waals surface area contributed by atoms with E-state index in [-0.39, 0.29) is 6.04 Å². The molecule has 1 heterocycles. The van der Waals surface area contributed by atoms with Gasteiger partial charge in [-0.25, -0.2) is 0 Å². The van der Waals surface area contributed by atoms with Crippen molar-refractivity contribution in [3.63, 3.8) is 0 Å². The van der Waals surface area contributed by atoms with E-state index in [4.69, 9.17) is 32.7 Å². The lowest BCUT2D eigenvalue weighted by Gasteiger charge is -2.24. The largest absolute Gasteiger partial charge is 0.489 e. The van der Waals surface area contributed by atoms with Crippen LogP contribution in [0.1, 0.15) is 0 Å². The molecule has 1 aliphatic rings. The quantitative estimate of drug-likeness (QED) is 0.907. The Balaban J connectivity index is 1.93. The fourth-order valence-corrected chi connectivity index (χ4v) is 2.04. The van der Waals surface area contributed by atoms with Crippen LogP contribution in [0.25, 0.3) is 0 Å². The van der Waals surface area contributed by atoms with Crippen molar-refractivity contribution in [1.82, 2.24) is 5.32 Å². The monoisotopic (exact) mass is 261 g/mol. The standard InChI is InChI=1S/C11H13Cl2NO2/c12-9-2-1-3-10(13)11(9)16-7-8-6-15-5-4-14-8/h1-3,8,14H,4-7H2. The molecule has 0 amide bonds. The van der Waals surface area contributed by atoms with Gasteiger partial charge in [0.1, 0.15) is 6.61 Å². The minimum absolute atomic E-state index is 0.195. The smallest absolute Gasteiger partial charge is 0.156 e. The Kier molecular flexibility index (Phi) is 4.29. The second kappa shape index (κ2) is 5.73. The van der Waals surface area contributed by atoms with Crippen molar-refractivity contribution in [3.05, 3.63) is 28.2 Å². The summed E-state index contributed by atoms with van der Waals surface area (Å²) in [5.74, 6) is 0.540. The van der Waals surface area contributed by atoms with E-state index in [1.54, 1.807) is 18.2 Å². The van der Waals surface area contributed by atoms with E-state index in [1.807, 2.05) is 0 Å². The third kappa shape index (κ3) is 3.01. The van der Waals surface area contributed by atoms with E-state index in [9.17, 15) is 0 Å². The third-order valence-electron chi connectivity index (χ3n) is 2.35. The number of morpholine rings is 1. The predicted molar refractivity (Wildman–Crippen MR) is 64.6 cm³/mol. The van der Waals surface area contributed by atoms with E-state index in [0.717, 1.165) is 13.2 Å². The van der Waals surface area contributed by atoms with E-state index in [2.05, 4.69) is 5.32 Å². The van der Waals surface area contributed by atoms with Gasteiger partial charge in [0.05, 0.1) is 29.3 Å². The van der Waals surface area contributed by atoms with Crippen LogP contribution in [-0.4, -0.2) is 32.4 Å². The SMILES string of the molecule is Clc1cccc(Cl)c1OCC1COCCN1. The maximum atomic E-state index is 5.99. The predicted octanol–water partition coefficient (Wildman–Crippen LogP) is 2.36. The normalized spacial score (nSPS) is 20.8. The van der Waals surface area contributed by atoms with E-state index in [1.165, 1.54) is 0 Å². The summed E-state index contributed by atoms with van der Waals surface area (Å²) < 4.78 is 10.9. The molecule has 1 fully saturated rings. The second-order valence-electron chi connectivity index (χ2n) is 3.59. The highest BCUT2D eigenvalue weighted by molar-refractivity contribution is 6.37. The van der Waals surface area contributed by atoms with Crippen molar-refractivity contribution in [1.29, 1.82) is 0 Å². The number of hydrogen-bond acceptors (Lipinski definition) is 3. The fourth-order valence-electron chi connectivity index (χ4n) is 1.53. The highest BCUT2D eigenvalue weighted by Gasteiger charge is 2.15. The molecule has 1 unspecified atom stereocenters. The highest BCUT2D eigenvalue weighted by Crippen LogP contribution is 2.32. The van der Waals surface area contributed by atoms with Gasteiger partial charge in [-0.05, 0) is 12.1 Å². The highest BCUT2D eigenvalue weighted by atomic mass is 35.5. The van der Waals surface area contributed by atoms with Gasteiger partial charge in [-0.15, -0.1) is 0 Å². The Morgan fingerprint density at radius 1 is 1.38 bits per heavy atom. The zero-order chi connectivity index (χ0) is 11.4. The molecule has 1 aromatic rings. The summed E-state index contributed by atoms with van der Waals surface area (Å²) in [4.78, 5) is 0. The molecule has 1 atom stereocenters. The molecule has 1 N–H and O–H groups in total. The molecule has 1 saturated heterocycles. The lowest BCUT2D eigenvalue weighted by atomic mass is 10.3. The van der Waals surface area contributed by atoms with Gasteiger partial charge in [-0.1, -0.05) is 29.3 Å². The first-order valence-corrected chi connectivity index (χ1v) is 5.91. The number of ether oxygens (including phenoxy) is 2. The topological polar surface area (TPSA) is 30.5 Å². The van der Waals surface area contributed by atoms with Gasteiger partial charge in [0.15, 0.2) is 5.75 Å². The lowest BCUT2D eigenvalue weighted by molar-refractivity contribution is 0.0593. The molecule has 1 aromatic carbocycles. The summed E-state index contributed by atoms with van der Waals surface area (Å²) in [6.07, 6.45) is 0. The molecule has 0 saturated carbocycles. The molecule has 0 bridgehead atoms. The Hall–Kier alpha value is -0.480. The summed E-state index contributed by atoms with van der Waals surface area (Å²) in [7, 11) is 0. The minimum Gasteiger partial charge on any atom is -0.489 e. The molecule has 5 heteroatoms. The number of para-hydroxylation sites is 1. The Bertz CT molecular complexity index is 334. The van der Waals surface area contributed by atoms with Gasteiger partial charge in [0, 0.05) is 6.54 Å². The average molecular weight is 262 g/mol. The van der Waals surface area contributed by atoms with Crippen molar-refractivity contribution in [3.8, 4) is 5.75 Å². The first-order chi connectivity index (χ1) is 7.77. The molecule has 0 aliphatic carbocycles. The first kappa shape index (κ1) is 12.0. The maximum absolute atomic E-state index is 5.99. The second-order valence-corrected chi connectivity index (χ2v) is 4.40. The van der Waals surface area contributed by atoms with Crippen LogP contribution in [0.3, 0.4) is 0 Å². The van der Waals surface area contributed by atoms with E-state index < -0.39 is 0 Å². The Morgan fingerprint density at radius 3 is 2.75 bits per heavy atom. The Labute approximate surface area is 105 Å². The van der Waals surface area contributed by atoms with Crippen LogP contribution in [0.5, 0.6) is 5.75 Å². The molecule has 2 rings (SSSR count). The summed E-state index contributed by atoms with van der Waals surface area (Å²) in [6.45, 7) is 2.76. The minimum atomic E-state index is 0.195. The van der Waals surface area contributed by atoms with Crippen LogP contribution in [0.15, 0.2) is 18.2 Å². The van der Waals surface area contributed by atoms with Crippen molar-refractivity contribution in [2.24, 2.45) is 0 Å². The number of benzene rings is 1. The van der Waals surface area contributed by atoms with Gasteiger partial charge in [0.25, 0.3) is 0 Å². The van der Waals surface area contributed by atoms with Crippen molar-refractivity contribution < 1.29 is 9.47 Å². The molecule has 88 valence electrons. The van der Waals surface area contributed by atoms with Crippen LogP contribution >= 0.6 is 23.2 Å². The fraction of sp³-hybridized carbons (Fsp3) is 0.455. The summed E-state index contributed by atoms with van der Waals surface area (Å²) >= 11 is 12.0. The van der Waals surface area contributed by atoms with E-state index in [0.29, 0.717) is 29.0 Å². The third-order valence-corrected chi connectivity index (χ3v) is 2.94. The van der Waals surface area contributed by atoms with Crippen LogP contribution in [0.2, 0.25) is 10.0 Å². The van der Waals surface area contributed by atoms with Gasteiger partial charge in [-0.2, -0.15) is 0 Å². The van der Waals surface area contributed by atoms with Gasteiger partial charge in [-0.3, -0.25) is 0 Å². The first-order valence-electron chi connectivity index (χ1n) is 5.15. The number of hydrogen-bond donors (Lipinski definition) is 1. The van der Waals surface area contributed by atoms with Crippen molar-refractivity contribution in [2.45, 2.75) is 6.04 Å². The Morgan fingerprint density at radius 2 is 2.12 bits per heavy atom. The summed E-state index contributed by atoms with van der Waals surface area (Å²) in [5.41, 5.74) is 0. The van der Waals surface area contributed by atoms with Crippen molar-refractivity contribution >= 4 is 23.2 Å².